The van der Waals surface area contributed by atoms with E-state index in [-0.39, 0.29) is 6.04 Å². The highest BCUT2D eigenvalue weighted by Crippen LogP contribution is 2.23. The third-order valence-corrected chi connectivity index (χ3v) is 3.35. The Balaban J connectivity index is 1.95. The number of nitrogens with zero attached hydrogens (tertiary/aromatic N) is 4. The average molecular weight is 255 g/mol. The fourth-order valence-corrected chi connectivity index (χ4v) is 2.44. The molecule has 1 unspecified atom stereocenters. The maximum absolute atomic E-state index is 6.30. The molecule has 1 aromatic carbocycles. The minimum absolute atomic E-state index is 0.115. The van der Waals surface area contributed by atoms with E-state index in [0.717, 1.165) is 28.6 Å². The Labute approximate surface area is 111 Å². The molecule has 0 radical (unpaired) electrons. The van der Waals surface area contributed by atoms with Gasteiger partial charge in [-0.15, -0.1) is 0 Å². The van der Waals surface area contributed by atoms with Crippen molar-refractivity contribution in [1.82, 2.24) is 19.6 Å². The van der Waals surface area contributed by atoms with Gasteiger partial charge in [-0.05, 0) is 18.1 Å². The van der Waals surface area contributed by atoms with Gasteiger partial charge in [-0.2, -0.15) is 10.2 Å². The van der Waals surface area contributed by atoms with Crippen LogP contribution >= 0.6 is 0 Å². The molecule has 0 aliphatic heterocycles. The van der Waals surface area contributed by atoms with Crippen LogP contribution in [0.25, 0.3) is 10.9 Å². The number of nitrogens with two attached hydrogens (primary N) is 1. The summed E-state index contributed by atoms with van der Waals surface area (Å²) >= 11 is 0. The van der Waals surface area contributed by atoms with Gasteiger partial charge in [-0.25, -0.2) is 0 Å². The number of fused-ring (bicyclic) bond motifs is 1. The zero-order chi connectivity index (χ0) is 13.4. The molecule has 0 fully saturated rings. The molecule has 0 spiro atoms. The first-order chi connectivity index (χ1) is 9.15. The van der Waals surface area contributed by atoms with E-state index in [1.54, 1.807) is 4.68 Å². The van der Waals surface area contributed by atoms with Crippen molar-refractivity contribution < 1.29 is 0 Å². The first kappa shape index (κ1) is 11.9. The Bertz CT molecular complexity index is 710. The van der Waals surface area contributed by atoms with Crippen LogP contribution in [0.3, 0.4) is 0 Å². The third kappa shape index (κ3) is 2.13. The van der Waals surface area contributed by atoms with Crippen LogP contribution in [0.4, 0.5) is 0 Å². The van der Waals surface area contributed by atoms with E-state index in [0.29, 0.717) is 0 Å². The lowest BCUT2D eigenvalue weighted by atomic mass is 10.0. The first-order valence-corrected chi connectivity index (χ1v) is 6.30. The summed E-state index contributed by atoms with van der Waals surface area (Å²) in [5.74, 6) is 0. The van der Waals surface area contributed by atoms with Gasteiger partial charge in [-0.1, -0.05) is 18.2 Å². The Morgan fingerprint density at radius 2 is 2.05 bits per heavy atom. The molecule has 2 aromatic heterocycles. The Morgan fingerprint density at radius 3 is 2.79 bits per heavy atom. The van der Waals surface area contributed by atoms with Crippen molar-refractivity contribution in [3.05, 3.63) is 47.9 Å². The van der Waals surface area contributed by atoms with Crippen LogP contribution in [-0.2, 0) is 20.5 Å². The van der Waals surface area contributed by atoms with Crippen LogP contribution in [0, 0.1) is 0 Å². The van der Waals surface area contributed by atoms with Gasteiger partial charge in [-0.3, -0.25) is 9.36 Å². The van der Waals surface area contributed by atoms with E-state index in [1.165, 1.54) is 0 Å². The molecule has 0 saturated carbocycles. The van der Waals surface area contributed by atoms with Crippen molar-refractivity contribution in [3.63, 3.8) is 0 Å². The highest BCUT2D eigenvalue weighted by atomic mass is 15.3. The molecule has 98 valence electrons. The van der Waals surface area contributed by atoms with E-state index in [9.17, 15) is 0 Å². The van der Waals surface area contributed by atoms with Crippen molar-refractivity contribution in [2.75, 3.05) is 0 Å². The van der Waals surface area contributed by atoms with Crippen molar-refractivity contribution in [2.45, 2.75) is 12.5 Å². The SMILES string of the molecule is Cn1cc(CC(N)c2nn(C)c3ccccc23)cn1. The Kier molecular flexibility index (Phi) is 2.83. The number of benzene rings is 1. The highest BCUT2D eigenvalue weighted by molar-refractivity contribution is 5.82. The van der Waals surface area contributed by atoms with Gasteiger partial charge >= 0.3 is 0 Å². The summed E-state index contributed by atoms with van der Waals surface area (Å²) < 4.78 is 3.67. The molecular formula is C14H17N5. The van der Waals surface area contributed by atoms with Gasteiger partial charge in [0, 0.05) is 25.7 Å². The molecule has 0 aliphatic carbocycles. The van der Waals surface area contributed by atoms with Gasteiger partial charge < -0.3 is 5.73 Å². The summed E-state index contributed by atoms with van der Waals surface area (Å²) in [6.45, 7) is 0. The van der Waals surface area contributed by atoms with E-state index in [1.807, 2.05) is 43.3 Å². The van der Waals surface area contributed by atoms with E-state index in [2.05, 4.69) is 22.3 Å². The maximum Gasteiger partial charge on any atom is 0.0873 e. The molecule has 0 amide bonds. The molecule has 5 heteroatoms. The van der Waals surface area contributed by atoms with Crippen molar-refractivity contribution in [2.24, 2.45) is 19.8 Å². The Hall–Kier alpha value is -2.14. The number of rotatable bonds is 3. The van der Waals surface area contributed by atoms with Gasteiger partial charge in [0.1, 0.15) is 0 Å². The summed E-state index contributed by atoms with van der Waals surface area (Å²) in [6, 6.07) is 8.05. The molecule has 1 atom stereocenters. The van der Waals surface area contributed by atoms with Gasteiger partial charge in [0.25, 0.3) is 0 Å². The molecule has 0 aliphatic rings. The second-order valence-electron chi connectivity index (χ2n) is 4.86. The van der Waals surface area contributed by atoms with Crippen LogP contribution in [0.2, 0.25) is 0 Å². The van der Waals surface area contributed by atoms with Crippen LogP contribution in [0.1, 0.15) is 17.3 Å². The molecule has 0 bridgehead atoms. The summed E-state index contributed by atoms with van der Waals surface area (Å²) in [6.07, 6.45) is 4.59. The molecule has 3 aromatic rings. The first-order valence-electron chi connectivity index (χ1n) is 6.30. The molecule has 2 N–H and O–H groups in total. The minimum Gasteiger partial charge on any atom is -0.322 e. The summed E-state index contributed by atoms with van der Waals surface area (Å²) in [5, 5.41) is 9.85. The lowest BCUT2D eigenvalue weighted by Crippen LogP contribution is -2.14. The van der Waals surface area contributed by atoms with Crippen LogP contribution in [-0.4, -0.2) is 19.6 Å². The summed E-state index contributed by atoms with van der Waals surface area (Å²) in [4.78, 5) is 0. The fourth-order valence-electron chi connectivity index (χ4n) is 2.44. The second kappa shape index (κ2) is 4.51. The number of hydrogen-bond acceptors (Lipinski definition) is 3. The highest BCUT2D eigenvalue weighted by Gasteiger charge is 2.16. The maximum atomic E-state index is 6.30. The second-order valence-corrected chi connectivity index (χ2v) is 4.86. The number of para-hydroxylation sites is 1. The molecule has 5 nitrogen and oxygen atoms in total. The molecule has 2 heterocycles. The van der Waals surface area contributed by atoms with Crippen molar-refractivity contribution >= 4 is 10.9 Å². The lowest BCUT2D eigenvalue weighted by molar-refractivity contribution is 0.664. The van der Waals surface area contributed by atoms with E-state index in [4.69, 9.17) is 5.73 Å². The van der Waals surface area contributed by atoms with Gasteiger partial charge in [0.15, 0.2) is 0 Å². The van der Waals surface area contributed by atoms with Crippen LogP contribution < -0.4 is 5.73 Å². The smallest absolute Gasteiger partial charge is 0.0873 e. The van der Waals surface area contributed by atoms with Crippen LogP contribution in [0.15, 0.2) is 36.7 Å². The molecule has 19 heavy (non-hydrogen) atoms. The number of aromatic nitrogens is 4. The normalized spacial score (nSPS) is 13.0. The molecular weight excluding hydrogens is 238 g/mol. The summed E-state index contributed by atoms with van der Waals surface area (Å²) in [7, 11) is 3.85. The molecule has 0 saturated heterocycles. The summed E-state index contributed by atoms with van der Waals surface area (Å²) in [5.41, 5.74) is 9.49. The monoisotopic (exact) mass is 255 g/mol. The standard InChI is InChI=1S/C14H17N5/c1-18-9-10(8-16-18)7-12(15)14-11-5-3-4-6-13(11)19(2)17-14/h3-6,8-9,12H,7,15H2,1-2H3. The van der Waals surface area contributed by atoms with Gasteiger partial charge in [0.2, 0.25) is 0 Å². The predicted octanol–water partition coefficient (Wildman–Crippen LogP) is 1.55. The quantitative estimate of drug-likeness (QED) is 0.772. The third-order valence-electron chi connectivity index (χ3n) is 3.35. The minimum atomic E-state index is -0.115. The zero-order valence-corrected chi connectivity index (χ0v) is 11.1. The number of hydrogen-bond donors (Lipinski definition) is 1. The largest absolute Gasteiger partial charge is 0.322 e. The van der Waals surface area contributed by atoms with Gasteiger partial charge in [0.05, 0.1) is 23.4 Å². The predicted molar refractivity (Wildman–Crippen MR) is 74.6 cm³/mol. The number of aryl methyl sites for hydroxylation is 2. The van der Waals surface area contributed by atoms with Crippen LogP contribution in [0.5, 0.6) is 0 Å². The van der Waals surface area contributed by atoms with Crippen molar-refractivity contribution in [1.29, 1.82) is 0 Å². The topological polar surface area (TPSA) is 61.7 Å². The lowest BCUT2D eigenvalue weighted by Gasteiger charge is -2.07. The average Bonchev–Trinajstić information content (AvgIpc) is 2.95. The van der Waals surface area contributed by atoms with E-state index < -0.39 is 0 Å². The van der Waals surface area contributed by atoms with Crippen molar-refractivity contribution in [3.8, 4) is 0 Å². The zero-order valence-electron chi connectivity index (χ0n) is 11.1. The Morgan fingerprint density at radius 1 is 1.26 bits per heavy atom. The fraction of sp³-hybridized carbons (Fsp3) is 0.286. The van der Waals surface area contributed by atoms with E-state index >= 15 is 0 Å². The molecule has 3 rings (SSSR count).